The predicted octanol–water partition coefficient (Wildman–Crippen LogP) is 2.71. The van der Waals surface area contributed by atoms with Crippen LogP contribution in [0, 0.1) is 0 Å². The number of carbonyl (C=O) groups excluding carboxylic acids is 1. The summed E-state index contributed by atoms with van der Waals surface area (Å²) in [6, 6.07) is 15.6. The fraction of sp³-hybridized carbons (Fsp3) is 0.350. The van der Waals surface area contributed by atoms with E-state index in [4.69, 9.17) is 9.47 Å². The maximum absolute atomic E-state index is 12.2. The summed E-state index contributed by atoms with van der Waals surface area (Å²) in [6.45, 7) is 4.47. The monoisotopic (exact) mass is 340 g/mol. The first-order valence-electron chi connectivity index (χ1n) is 8.55. The van der Waals surface area contributed by atoms with Crippen LogP contribution in [0.3, 0.4) is 0 Å². The van der Waals surface area contributed by atoms with Gasteiger partial charge in [0.25, 0.3) is 0 Å². The molecular weight excluding hydrogens is 316 g/mol. The Morgan fingerprint density at radius 3 is 2.60 bits per heavy atom. The Kier molecular flexibility index (Phi) is 6.04. The van der Waals surface area contributed by atoms with E-state index in [2.05, 4.69) is 22.3 Å². The average molecular weight is 340 g/mol. The first kappa shape index (κ1) is 17.5. The van der Waals surface area contributed by atoms with Crippen molar-refractivity contribution in [3.8, 4) is 5.75 Å². The van der Waals surface area contributed by atoms with Crippen molar-refractivity contribution in [3.63, 3.8) is 0 Å². The summed E-state index contributed by atoms with van der Waals surface area (Å²) < 4.78 is 10.6. The number of carbonyl (C=O) groups is 1. The molecule has 1 aliphatic heterocycles. The van der Waals surface area contributed by atoms with Crippen LogP contribution in [0.4, 0.5) is 5.69 Å². The molecule has 2 aromatic rings. The second-order valence-corrected chi connectivity index (χ2v) is 6.16. The van der Waals surface area contributed by atoms with Crippen molar-refractivity contribution < 1.29 is 14.3 Å². The van der Waals surface area contributed by atoms with Gasteiger partial charge in [-0.25, -0.2) is 0 Å². The van der Waals surface area contributed by atoms with Crippen molar-refractivity contribution >= 4 is 11.6 Å². The van der Waals surface area contributed by atoms with Crippen LogP contribution in [-0.2, 0) is 22.5 Å². The molecular formula is C20H24N2O3. The van der Waals surface area contributed by atoms with Gasteiger partial charge in [0.2, 0.25) is 5.91 Å². The Labute approximate surface area is 148 Å². The lowest BCUT2D eigenvalue weighted by molar-refractivity contribution is -0.115. The molecule has 5 heteroatoms. The molecule has 0 aromatic heterocycles. The number of hydrogen-bond donors (Lipinski definition) is 1. The lowest BCUT2D eigenvalue weighted by atomic mass is 10.1. The van der Waals surface area contributed by atoms with Gasteiger partial charge in [0.1, 0.15) is 5.75 Å². The highest BCUT2D eigenvalue weighted by molar-refractivity contribution is 5.92. The topological polar surface area (TPSA) is 50.8 Å². The van der Waals surface area contributed by atoms with Crippen molar-refractivity contribution in [2.24, 2.45) is 0 Å². The zero-order valence-electron chi connectivity index (χ0n) is 14.5. The molecule has 1 aliphatic rings. The molecule has 0 bridgehead atoms. The van der Waals surface area contributed by atoms with Gasteiger partial charge >= 0.3 is 0 Å². The van der Waals surface area contributed by atoms with Crippen LogP contribution in [0.1, 0.15) is 11.1 Å². The summed E-state index contributed by atoms with van der Waals surface area (Å²) in [5.41, 5.74) is 2.99. The molecule has 0 radical (unpaired) electrons. The zero-order valence-corrected chi connectivity index (χ0v) is 14.5. The van der Waals surface area contributed by atoms with Gasteiger partial charge in [-0.15, -0.1) is 0 Å². The number of nitrogens with zero attached hydrogens (tertiary/aromatic N) is 1. The summed E-state index contributed by atoms with van der Waals surface area (Å²) in [6.07, 6.45) is 0.326. The molecule has 25 heavy (non-hydrogen) atoms. The van der Waals surface area contributed by atoms with E-state index < -0.39 is 0 Å². The van der Waals surface area contributed by atoms with Crippen LogP contribution in [0.5, 0.6) is 5.75 Å². The molecule has 1 amide bonds. The average Bonchev–Trinajstić information content (AvgIpc) is 2.64. The van der Waals surface area contributed by atoms with Crippen molar-refractivity contribution in [1.29, 1.82) is 0 Å². The maximum Gasteiger partial charge on any atom is 0.228 e. The van der Waals surface area contributed by atoms with E-state index in [1.54, 1.807) is 7.11 Å². The predicted molar refractivity (Wildman–Crippen MR) is 97.9 cm³/mol. The van der Waals surface area contributed by atoms with E-state index in [-0.39, 0.29) is 5.91 Å². The standard InChI is InChI=1S/C20H24N2O3/c1-24-19-4-2-3-17(13-19)14-20(23)21-18-7-5-16(6-8-18)15-22-9-11-25-12-10-22/h2-8,13H,9-12,14-15H2,1H3,(H,21,23). The third-order valence-corrected chi connectivity index (χ3v) is 4.25. The largest absolute Gasteiger partial charge is 0.497 e. The van der Waals surface area contributed by atoms with Gasteiger partial charge in [-0.05, 0) is 35.4 Å². The zero-order chi connectivity index (χ0) is 17.5. The second kappa shape index (κ2) is 8.65. The number of benzene rings is 2. The van der Waals surface area contributed by atoms with Gasteiger partial charge in [0, 0.05) is 25.3 Å². The van der Waals surface area contributed by atoms with Crippen LogP contribution in [0.15, 0.2) is 48.5 Å². The molecule has 1 heterocycles. The molecule has 1 fully saturated rings. The number of rotatable bonds is 6. The number of nitrogens with one attached hydrogen (secondary N) is 1. The maximum atomic E-state index is 12.2. The normalized spacial score (nSPS) is 14.9. The molecule has 1 saturated heterocycles. The van der Waals surface area contributed by atoms with Crippen LogP contribution in [0.25, 0.3) is 0 Å². The smallest absolute Gasteiger partial charge is 0.228 e. The van der Waals surface area contributed by atoms with Gasteiger partial charge in [-0.3, -0.25) is 9.69 Å². The van der Waals surface area contributed by atoms with E-state index in [0.717, 1.165) is 49.8 Å². The van der Waals surface area contributed by atoms with E-state index in [1.165, 1.54) is 5.56 Å². The number of hydrogen-bond acceptors (Lipinski definition) is 4. The van der Waals surface area contributed by atoms with Crippen LogP contribution < -0.4 is 10.1 Å². The summed E-state index contributed by atoms with van der Waals surface area (Å²) in [4.78, 5) is 14.6. The first-order chi connectivity index (χ1) is 12.2. The number of methoxy groups -OCH3 is 1. The second-order valence-electron chi connectivity index (χ2n) is 6.16. The SMILES string of the molecule is COc1cccc(CC(=O)Nc2ccc(CN3CCOCC3)cc2)c1. The minimum Gasteiger partial charge on any atom is -0.497 e. The highest BCUT2D eigenvalue weighted by Crippen LogP contribution is 2.15. The van der Waals surface area contributed by atoms with Crippen LogP contribution >= 0.6 is 0 Å². The molecule has 0 unspecified atom stereocenters. The van der Waals surface area contributed by atoms with Crippen molar-refractivity contribution in [2.45, 2.75) is 13.0 Å². The minimum atomic E-state index is -0.0332. The summed E-state index contributed by atoms with van der Waals surface area (Å²) >= 11 is 0. The molecule has 1 N–H and O–H groups in total. The van der Waals surface area contributed by atoms with Gasteiger partial charge in [-0.1, -0.05) is 24.3 Å². The Morgan fingerprint density at radius 1 is 1.12 bits per heavy atom. The van der Waals surface area contributed by atoms with E-state index in [9.17, 15) is 4.79 Å². The molecule has 132 valence electrons. The fourth-order valence-electron chi connectivity index (χ4n) is 2.88. The highest BCUT2D eigenvalue weighted by atomic mass is 16.5. The fourth-order valence-corrected chi connectivity index (χ4v) is 2.88. The Balaban J connectivity index is 1.52. The van der Waals surface area contributed by atoms with Crippen molar-refractivity contribution in [1.82, 2.24) is 4.90 Å². The number of amides is 1. The first-order valence-corrected chi connectivity index (χ1v) is 8.55. The van der Waals surface area contributed by atoms with Crippen molar-refractivity contribution in [2.75, 3.05) is 38.7 Å². The van der Waals surface area contributed by atoms with E-state index >= 15 is 0 Å². The lowest BCUT2D eigenvalue weighted by Crippen LogP contribution is -2.35. The summed E-state index contributed by atoms with van der Waals surface area (Å²) in [5, 5.41) is 2.95. The van der Waals surface area contributed by atoms with E-state index in [0.29, 0.717) is 6.42 Å². The lowest BCUT2D eigenvalue weighted by Gasteiger charge is -2.26. The molecule has 5 nitrogen and oxygen atoms in total. The molecule has 3 rings (SSSR count). The minimum absolute atomic E-state index is 0.0332. The highest BCUT2D eigenvalue weighted by Gasteiger charge is 2.11. The quantitative estimate of drug-likeness (QED) is 0.878. The summed E-state index contributed by atoms with van der Waals surface area (Å²) in [5.74, 6) is 0.729. The Morgan fingerprint density at radius 2 is 1.88 bits per heavy atom. The molecule has 2 aromatic carbocycles. The molecule has 0 spiro atoms. The molecule has 0 atom stereocenters. The molecule has 0 saturated carbocycles. The summed E-state index contributed by atoms with van der Waals surface area (Å²) in [7, 11) is 1.62. The van der Waals surface area contributed by atoms with E-state index in [1.807, 2.05) is 36.4 Å². The number of anilines is 1. The number of morpholine rings is 1. The van der Waals surface area contributed by atoms with Crippen LogP contribution in [-0.4, -0.2) is 44.2 Å². The Bertz CT molecular complexity index is 694. The van der Waals surface area contributed by atoms with Gasteiger partial charge in [0.05, 0.1) is 26.7 Å². The molecule has 0 aliphatic carbocycles. The van der Waals surface area contributed by atoms with Crippen molar-refractivity contribution in [3.05, 3.63) is 59.7 Å². The van der Waals surface area contributed by atoms with Gasteiger partial charge in [0.15, 0.2) is 0 Å². The number of ether oxygens (including phenoxy) is 2. The van der Waals surface area contributed by atoms with Gasteiger partial charge in [-0.2, -0.15) is 0 Å². The Hall–Kier alpha value is -2.37. The third-order valence-electron chi connectivity index (χ3n) is 4.25. The third kappa shape index (κ3) is 5.31. The van der Waals surface area contributed by atoms with Crippen LogP contribution in [0.2, 0.25) is 0 Å². The van der Waals surface area contributed by atoms with Gasteiger partial charge < -0.3 is 14.8 Å².